The predicted molar refractivity (Wildman–Crippen MR) is 89.9 cm³/mol. The molecule has 1 aromatic heterocycles. The van der Waals surface area contributed by atoms with Crippen molar-refractivity contribution >= 4 is 45.1 Å². The number of amides is 2. The van der Waals surface area contributed by atoms with Gasteiger partial charge in [-0.05, 0) is 26.0 Å². The molecule has 2 aromatic rings. The first-order valence-electron chi connectivity index (χ1n) is 7.03. The molecule has 0 spiro atoms. The van der Waals surface area contributed by atoms with Crippen LogP contribution in [0.2, 0.25) is 0 Å². The lowest BCUT2D eigenvalue weighted by molar-refractivity contribution is -0.129. The van der Waals surface area contributed by atoms with Crippen LogP contribution in [0.1, 0.15) is 18.9 Å². The Hall–Kier alpha value is -1.60. The highest BCUT2D eigenvalue weighted by molar-refractivity contribution is 8.01. The number of carbonyl (C=O) groups excluding carboxylic acids is 2. The Kier molecular flexibility index (Phi) is 4.10. The van der Waals surface area contributed by atoms with Gasteiger partial charge in [0.2, 0.25) is 11.8 Å². The molecule has 2 amide bonds. The lowest BCUT2D eigenvalue weighted by Gasteiger charge is -2.32. The van der Waals surface area contributed by atoms with E-state index >= 15 is 0 Å². The largest absolute Gasteiger partial charge is 0.348 e. The van der Waals surface area contributed by atoms with Crippen molar-refractivity contribution in [2.45, 2.75) is 31.2 Å². The predicted octanol–water partition coefficient (Wildman–Crippen LogP) is 1.92. The summed E-state index contributed by atoms with van der Waals surface area (Å²) in [6.45, 7) is 4.11. The summed E-state index contributed by atoms with van der Waals surface area (Å²) in [4.78, 5) is 28.6. The third-order valence-corrected chi connectivity index (χ3v) is 5.97. The van der Waals surface area contributed by atoms with Crippen molar-refractivity contribution in [3.8, 4) is 0 Å². The zero-order chi connectivity index (χ0) is 15.7. The van der Waals surface area contributed by atoms with Gasteiger partial charge in [0.1, 0.15) is 11.0 Å². The van der Waals surface area contributed by atoms with Crippen LogP contribution in [0.25, 0.3) is 10.2 Å². The average Bonchev–Trinajstić information content (AvgIpc) is 2.90. The number of rotatable bonds is 3. The molecule has 1 aliphatic rings. The van der Waals surface area contributed by atoms with Crippen LogP contribution in [0.5, 0.6) is 0 Å². The minimum Gasteiger partial charge on any atom is -0.348 e. The maximum absolute atomic E-state index is 12.2. The molecule has 0 radical (unpaired) electrons. The molecule has 2 N–H and O–H groups in total. The molecule has 1 atom stereocenters. The van der Waals surface area contributed by atoms with E-state index in [-0.39, 0.29) is 11.8 Å². The number of hydrogen-bond acceptors (Lipinski definition) is 5. The van der Waals surface area contributed by atoms with Crippen molar-refractivity contribution in [3.05, 3.63) is 29.3 Å². The molecule has 3 rings (SSSR count). The fraction of sp³-hybridized carbons (Fsp3) is 0.400. The van der Waals surface area contributed by atoms with Crippen molar-refractivity contribution < 1.29 is 9.59 Å². The molecule has 0 bridgehead atoms. The Labute approximate surface area is 136 Å². The van der Waals surface area contributed by atoms with E-state index in [1.807, 2.05) is 38.1 Å². The van der Waals surface area contributed by atoms with Crippen LogP contribution >= 0.6 is 23.1 Å². The van der Waals surface area contributed by atoms with E-state index in [4.69, 9.17) is 0 Å². The van der Waals surface area contributed by atoms with Crippen LogP contribution in [0.3, 0.4) is 0 Å². The van der Waals surface area contributed by atoms with Crippen LogP contribution in [0.4, 0.5) is 0 Å². The van der Waals surface area contributed by atoms with Gasteiger partial charge in [0.15, 0.2) is 0 Å². The Morgan fingerprint density at radius 3 is 2.95 bits per heavy atom. The topological polar surface area (TPSA) is 71.1 Å². The van der Waals surface area contributed by atoms with Crippen LogP contribution in [0.15, 0.2) is 24.3 Å². The van der Waals surface area contributed by atoms with Gasteiger partial charge < -0.3 is 10.6 Å². The highest BCUT2D eigenvalue weighted by Gasteiger charge is 2.37. The lowest BCUT2D eigenvalue weighted by Crippen LogP contribution is -2.57. The third kappa shape index (κ3) is 3.10. The quantitative estimate of drug-likeness (QED) is 0.899. The maximum Gasteiger partial charge on any atom is 0.243 e. The molecule has 1 fully saturated rings. The third-order valence-electron chi connectivity index (χ3n) is 3.53. The first-order chi connectivity index (χ1) is 10.5. The van der Waals surface area contributed by atoms with Crippen LogP contribution in [-0.4, -0.2) is 33.3 Å². The molecule has 2 heterocycles. The number of nitrogens with zero attached hydrogens (tertiary/aromatic N) is 1. The van der Waals surface area contributed by atoms with E-state index in [0.717, 1.165) is 15.2 Å². The summed E-state index contributed by atoms with van der Waals surface area (Å²) in [5.41, 5.74) is 0.944. The van der Waals surface area contributed by atoms with Crippen molar-refractivity contribution in [3.63, 3.8) is 0 Å². The number of carbonyl (C=O) groups is 2. The van der Waals surface area contributed by atoms with Crippen molar-refractivity contribution in [2.24, 2.45) is 0 Å². The summed E-state index contributed by atoms with van der Waals surface area (Å²) < 4.78 is 0.638. The fourth-order valence-corrected chi connectivity index (χ4v) is 4.07. The van der Waals surface area contributed by atoms with Crippen molar-refractivity contribution in [1.82, 2.24) is 15.6 Å². The zero-order valence-corrected chi connectivity index (χ0v) is 14.0. The standard InChI is InChI=1S/C15H17N3O2S2/c1-15(2)14(20)18-10(8-21-15)13(19)16-7-12-17-9-5-3-4-6-11(9)22-12/h3-6,10H,7-8H2,1-2H3,(H,16,19)(H,18,20)/t10-/m1/s1. The van der Waals surface area contributed by atoms with Crippen LogP contribution in [0, 0.1) is 0 Å². The van der Waals surface area contributed by atoms with Gasteiger partial charge in [-0.1, -0.05) is 12.1 Å². The monoisotopic (exact) mass is 335 g/mol. The minimum absolute atomic E-state index is 0.0936. The number of fused-ring (bicyclic) bond motifs is 1. The van der Waals surface area contributed by atoms with Crippen molar-refractivity contribution in [1.29, 1.82) is 0 Å². The summed E-state index contributed by atoms with van der Waals surface area (Å²) in [6, 6.07) is 7.41. The van der Waals surface area contributed by atoms with Gasteiger partial charge in [0.25, 0.3) is 0 Å². The Bertz CT molecular complexity index is 693. The number of para-hydroxylation sites is 1. The van der Waals surface area contributed by atoms with Gasteiger partial charge in [0, 0.05) is 5.75 Å². The summed E-state index contributed by atoms with van der Waals surface area (Å²) in [6.07, 6.45) is 0. The fourth-order valence-electron chi connectivity index (χ4n) is 2.15. The number of thiazole rings is 1. The Morgan fingerprint density at radius 2 is 2.23 bits per heavy atom. The maximum atomic E-state index is 12.2. The molecule has 0 aliphatic carbocycles. The van der Waals surface area contributed by atoms with E-state index in [1.54, 1.807) is 11.3 Å². The first kappa shape index (κ1) is 15.3. The first-order valence-corrected chi connectivity index (χ1v) is 8.83. The highest BCUT2D eigenvalue weighted by Crippen LogP contribution is 2.29. The number of aromatic nitrogens is 1. The van der Waals surface area contributed by atoms with E-state index in [9.17, 15) is 9.59 Å². The smallest absolute Gasteiger partial charge is 0.243 e. The summed E-state index contributed by atoms with van der Waals surface area (Å²) in [5, 5.41) is 6.50. The van der Waals surface area contributed by atoms with Crippen molar-refractivity contribution in [2.75, 3.05) is 5.75 Å². The Balaban J connectivity index is 1.59. The van der Waals surface area contributed by atoms with Crippen LogP contribution in [-0.2, 0) is 16.1 Å². The second kappa shape index (κ2) is 5.89. The molecule has 7 heteroatoms. The molecular weight excluding hydrogens is 318 g/mol. The second-order valence-corrected chi connectivity index (χ2v) is 8.40. The van der Waals surface area contributed by atoms with Gasteiger partial charge in [-0.15, -0.1) is 23.1 Å². The molecule has 0 unspecified atom stereocenters. The molecule has 0 saturated carbocycles. The van der Waals surface area contributed by atoms with Gasteiger partial charge in [-0.2, -0.15) is 0 Å². The minimum atomic E-state index is -0.472. The van der Waals surface area contributed by atoms with Gasteiger partial charge in [-0.25, -0.2) is 4.98 Å². The molecular formula is C15H17N3O2S2. The lowest BCUT2D eigenvalue weighted by atomic mass is 10.1. The summed E-state index contributed by atoms with van der Waals surface area (Å²) in [7, 11) is 0. The molecule has 1 aromatic carbocycles. The Morgan fingerprint density at radius 1 is 1.45 bits per heavy atom. The summed E-state index contributed by atoms with van der Waals surface area (Å²) in [5.74, 6) is 0.337. The molecule has 116 valence electrons. The van der Waals surface area contributed by atoms with E-state index in [0.29, 0.717) is 12.3 Å². The van der Waals surface area contributed by atoms with E-state index in [1.165, 1.54) is 11.8 Å². The number of hydrogen-bond donors (Lipinski definition) is 2. The zero-order valence-electron chi connectivity index (χ0n) is 12.4. The molecule has 22 heavy (non-hydrogen) atoms. The van der Waals surface area contributed by atoms with Gasteiger partial charge >= 0.3 is 0 Å². The second-order valence-electron chi connectivity index (χ2n) is 5.64. The molecule has 1 aliphatic heterocycles. The van der Waals surface area contributed by atoms with E-state index in [2.05, 4.69) is 15.6 Å². The number of thioether (sulfide) groups is 1. The van der Waals surface area contributed by atoms with Gasteiger partial charge in [0.05, 0.1) is 21.5 Å². The average molecular weight is 335 g/mol. The SMILES string of the molecule is CC1(C)SC[C@H](C(=O)NCc2nc3ccccc3s2)NC1=O. The van der Waals surface area contributed by atoms with Gasteiger partial charge in [-0.3, -0.25) is 9.59 Å². The highest BCUT2D eigenvalue weighted by atomic mass is 32.2. The summed E-state index contributed by atoms with van der Waals surface area (Å²) >= 11 is 3.07. The van der Waals surface area contributed by atoms with E-state index < -0.39 is 10.8 Å². The molecule has 5 nitrogen and oxygen atoms in total. The number of nitrogens with one attached hydrogen (secondary N) is 2. The normalized spacial score (nSPS) is 20.6. The van der Waals surface area contributed by atoms with Crippen LogP contribution < -0.4 is 10.6 Å². The number of benzene rings is 1. The molecule has 1 saturated heterocycles.